The fourth-order valence-electron chi connectivity index (χ4n) is 2.60. The number of hydrogen-bond acceptors (Lipinski definition) is 3. The molecule has 0 fully saturated rings. The molecule has 1 aliphatic heterocycles. The first kappa shape index (κ1) is 18.3. The van der Waals surface area contributed by atoms with Gasteiger partial charge in [0, 0.05) is 52.1 Å². The van der Waals surface area contributed by atoms with Crippen LogP contribution in [0.3, 0.4) is 0 Å². The van der Waals surface area contributed by atoms with Crippen LogP contribution in [0.25, 0.3) is 0 Å². The molecule has 0 spiro atoms. The maximum atomic E-state index is 5.34. The molecule has 0 saturated heterocycles. The number of hydrogen-bond donors (Lipinski definition) is 2. The lowest BCUT2D eigenvalue weighted by molar-refractivity contribution is 0.143. The van der Waals surface area contributed by atoms with E-state index in [1.54, 1.807) is 7.05 Å². The topological polar surface area (TPSA) is 48.9 Å². The van der Waals surface area contributed by atoms with Gasteiger partial charge in [0.25, 0.3) is 0 Å². The zero-order chi connectivity index (χ0) is 17.0. The van der Waals surface area contributed by atoms with E-state index >= 15 is 0 Å². The van der Waals surface area contributed by atoms with Gasteiger partial charge in [-0.1, -0.05) is 24.3 Å². The number of ether oxygens (including phenoxy) is 1. The van der Waals surface area contributed by atoms with Crippen molar-refractivity contribution in [1.29, 1.82) is 0 Å². The molecule has 132 valence electrons. The number of nitrogens with one attached hydrogen (secondary N) is 2. The summed E-state index contributed by atoms with van der Waals surface area (Å²) in [4.78, 5) is 6.61. The monoisotopic (exact) mass is 330 g/mol. The summed E-state index contributed by atoms with van der Waals surface area (Å²) in [5.41, 5.74) is 2.53. The summed E-state index contributed by atoms with van der Waals surface area (Å²) >= 11 is 0. The van der Waals surface area contributed by atoms with Crippen LogP contribution in [0.1, 0.15) is 25.3 Å². The maximum absolute atomic E-state index is 5.34. The van der Waals surface area contributed by atoms with E-state index in [1.807, 2.05) is 6.92 Å². The summed E-state index contributed by atoms with van der Waals surface area (Å²) < 4.78 is 5.34. The zero-order valence-electron chi connectivity index (χ0n) is 14.9. The minimum atomic E-state index is 0.775. The summed E-state index contributed by atoms with van der Waals surface area (Å²) in [5.74, 6) is 0.847. The van der Waals surface area contributed by atoms with E-state index in [4.69, 9.17) is 4.74 Å². The SMILES string of the molecule is CCOCCCCNC(=NC)NCc1ccc(N2CC=CC2)cc1. The third-order valence-corrected chi connectivity index (χ3v) is 4.02. The summed E-state index contributed by atoms with van der Waals surface area (Å²) in [7, 11) is 1.80. The first-order valence-corrected chi connectivity index (χ1v) is 8.84. The van der Waals surface area contributed by atoms with Crippen molar-refractivity contribution in [3.63, 3.8) is 0 Å². The lowest BCUT2D eigenvalue weighted by Crippen LogP contribution is -2.37. The Morgan fingerprint density at radius 1 is 1.12 bits per heavy atom. The Morgan fingerprint density at radius 3 is 2.54 bits per heavy atom. The molecule has 5 nitrogen and oxygen atoms in total. The van der Waals surface area contributed by atoms with Crippen LogP contribution >= 0.6 is 0 Å². The molecule has 0 atom stereocenters. The molecule has 24 heavy (non-hydrogen) atoms. The van der Waals surface area contributed by atoms with Crippen LogP contribution in [0, 0.1) is 0 Å². The molecular weight excluding hydrogens is 300 g/mol. The molecule has 2 N–H and O–H groups in total. The molecule has 0 saturated carbocycles. The van der Waals surface area contributed by atoms with Crippen LogP contribution < -0.4 is 15.5 Å². The third kappa shape index (κ3) is 6.24. The molecule has 1 aromatic rings. The number of benzene rings is 1. The molecule has 0 unspecified atom stereocenters. The summed E-state index contributed by atoms with van der Waals surface area (Å²) in [5, 5.41) is 6.70. The third-order valence-electron chi connectivity index (χ3n) is 4.02. The zero-order valence-corrected chi connectivity index (χ0v) is 14.9. The minimum absolute atomic E-state index is 0.775. The van der Waals surface area contributed by atoms with Crippen molar-refractivity contribution >= 4 is 11.6 Å². The number of unbranched alkanes of at least 4 members (excludes halogenated alkanes) is 1. The van der Waals surface area contributed by atoms with Gasteiger partial charge in [0.2, 0.25) is 0 Å². The van der Waals surface area contributed by atoms with Crippen LogP contribution in [-0.4, -0.2) is 45.9 Å². The fraction of sp³-hybridized carbons (Fsp3) is 0.526. The van der Waals surface area contributed by atoms with E-state index in [9.17, 15) is 0 Å². The highest BCUT2D eigenvalue weighted by molar-refractivity contribution is 5.79. The second-order valence-corrected chi connectivity index (χ2v) is 5.80. The van der Waals surface area contributed by atoms with Gasteiger partial charge in [0.15, 0.2) is 5.96 Å². The van der Waals surface area contributed by atoms with E-state index in [0.717, 1.165) is 58.2 Å². The molecule has 0 radical (unpaired) electrons. The number of guanidine groups is 1. The lowest BCUT2D eigenvalue weighted by atomic mass is 10.2. The van der Waals surface area contributed by atoms with Gasteiger partial charge in [-0.2, -0.15) is 0 Å². The molecule has 1 aromatic carbocycles. The van der Waals surface area contributed by atoms with Crippen LogP contribution in [-0.2, 0) is 11.3 Å². The van der Waals surface area contributed by atoms with E-state index in [1.165, 1.54) is 11.3 Å². The van der Waals surface area contributed by atoms with Gasteiger partial charge < -0.3 is 20.3 Å². The first-order valence-electron chi connectivity index (χ1n) is 8.84. The Bertz CT molecular complexity index is 517. The Kier molecular flexibility index (Phi) is 8.18. The highest BCUT2D eigenvalue weighted by Crippen LogP contribution is 2.17. The Morgan fingerprint density at radius 2 is 1.88 bits per heavy atom. The highest BCUT2D eigenvalue weighted by Gasteiger charge is 2.07. The number of rotatable bonds is 9. The van der Waals surface area contributed by atoms with Crippen molar-refractivity contribution in [3.05, 3.63) is 42.0 Å². The van der Waals surface area contributed by atoms with Crippen LogP contribution in [0.5, 0.6) is 0 Å². The number of nitrogens with zero attached hydrogens (tertiary/aromatic N) is 2. The van der Waals surface area contributed by atoms with E-state index in [0.29, 0.717) is 0 Å². The number of anilines is 1. The van der Waals surface area contributed by atoms with Crippen LogP contribution in [0.15, 0.2) is 41.4 Å². The molecule has 1 aliphatic rings. The molecule has 5 heteroatoms. The van der Waals surface area contributed by atoms with E-state index < -0.39 is 0 Å². The Balaban J connectivity index is 1.67. The molecule has 0 amide bonds. The first-order chi connectivity index (χ1) is 11.8. The van der Waals surface area contributed by atoms with Gasteiger partial charge in [-0.3, -0.25) is 4.99 Å². The molecular formula is C19H30N4O. The van der Waals surface area contributed by atoms with Gasteiger partial charge in [-0.25, -0.2) is 0 Å². The quantitative estimate of drug-likeness (QED) is 0.316. The summed E-state index contributed by atoms with van der Waals surface area (Å²) in [6.45, 7) is 7.37. The number of aliphatic imine (C=N–C) groups is 1. The minimum Gasteiger partial charge on any atom is -0.382 e. The van der Waals surface area contributed by atoms with Gasteiger partial charge in [0.05, 0.1) is 0 Å². The predicted molar refractivity (Wildman–Crippen MR) is 102 cm³/mol. The van der Waals surface area contributed by atoms with Crippen LogP contribution in [0.2, 0.25) is 0 Å². The predicted octanol–water partition coefficient (Wildman–Crippen LogP) is 2.54. The van der Waals surface area contributed by atoms with Gasteiger partial charge in [0.1, 0.15) is 0 Å². The maximum Gasteiger partial charge on any atom is 0.191 e. The summed E-state index contributed by atoms with van der Waals surface area (Å²) in [6, 6.07) is 8.73. The second-order valence-electron chi connectivity index (χ2n) is 5.80. The van der Waals surface area contributed by atoms with Gasteiger partial charge in [-0.15, -0.1) is 0 Å². The van der Waals surface area contributed by atoms with Crippen molar-refractivity contribution in [2.75, 3.05) is 44.8 Å². The fourth-order valence-corrected chi connectivity index (χ4v) is 2.60. The van der Waals surface area contributed by atoms with Crippen molar-refractivity contribution in [2.45, 2.75) is 26.3 Å². The largest absolute Gasteiger partial charge is 0.382 e. The van der Waals surface area contributed by atoms with Gasteiger partial charge >= 0.3 is 0 Å². The van der Waals surface area contributed by atoms with E-state index in [2.05, 4.69) is 56.9 Å². The van der Waals surface area contributed by atoms with E-state index in [-0.39, 0.29) is 0 Å². The van der Waals surface area contributed by atoms with Crippen molar-refractivity contribution in [1.82, 2.24) is 10.6 Å². The average molecular weight is 330 g/mol. The lowest BCUT2D eigenvalue weighted by Gasteiger charge is -2.18. The Hall–Kier alpha value is -2.01. The molecule has 1 heterocycles. The summed E-state index contributed by atoms with van der Waals surface area (Å²) in [6.07, 6.45) is 6.57. The normalized spacial score (nSPS) is 14.2. The average Bonchev–Trinajstić information content (AvgIpc) is 3.15. The molecule has 2 rings (SSSR count). The second kappa shape index (κ2) is 10.7. The Labute approximate surface area is 145 Å². The highest BCUT2D eigenvalue weighted by atomic mass is 16.5. The van der Waals surface area contributed by atoms with Crippen LogP contribution in [0.4, 0.5) is 5.69 Å². The van der Waals surface area contributed by atoms with Crippen molar-refractivity contribution < 1.29 is 4.74 Å². The van der Waals surface area contributed by atoms with Gasteiger partial charge in [-0.05, 0) is 37.5 Å². The molecule has 0 aromatic heterocycles. The molecule has 0 aliphatic carbocycles. The standard InChI is InChI=1S/C19H30N4O/c1-3-24-15-7-4-12-21-19(20-2)22-16-17-8-10-18(11-9-17)23-13-5-6-14-23/h5-6,8-11H,3-4,7,12-16H2,1-2H3,(H2,20,21,22). The smallest absolute Gasteiger partial charge is 0.191 e. The van der Waals surface area contributed by atoms with Crippen molar-refractivity contribution in [3.8, 4) is 0 Å². The molecule has 0 bridgehead atoms. The van der Waals surface area contributed by atoms with Crippen molar-refractivity contribution in [2.24, 2.45) is 4.99 Å².